The normalized spacial score (nSPS) is 56.3. The minimum atomic E-state index is -2.30. The van der Waals surface area contributed by atoms with Gasteiger partial charge in [0.15, 0.2) is 11.9 Å². The van der Waals surface area contributed by atoms with Crippen LogP contribution in [-0.2, 0) is 4.79 Å². The highest BCUT2D eigenvalue weighted by Crippen LogP contribution is 2.68. The van der Waals surface area contributed by atoms with Crippen molar-refractivity contribution in [2.75, 3.05) is 0 Å². The first kappa shape index (κ1) is 17.0. The zero-order chi connectivity index (χ0) is 17.5. The van der Waals surface area contributed by atoms with Crippen LogP contribution in [-0.4, -0.2) is 33.0 Å². The summed E-state index contributed by atoms with van der Waals surface area (Å²) >= 11 is 0. The molecule has 0 aromatic rings. The molecule has 4 rings (SSSR count). The summed E-state index contributed by atoms with van der Waals surface area (Å²) in [5, 5.41) is 31.9. The molecule has 4 aliphatic carbocycles. The minimum absolute atomic E-state index is 0.0205. The van der Waals surface area contributed by atoms with Crippen molar-refractivity contribution in [3.8, 4) is 0 Å². The number of hydrogen-bond acceptors (Lipinski definition) is 4. The fourth-order valence-corrected chi connectivity index (χ4v) is 7.45. The lowest BCUT2D eigenvalue weighted by Crippen LogP contribution is -2.70. The molecule has 0 saturated heterocycles. The molecule has 0 aliphatic heterocycles. The third-order valence-corrected chi connectivity index (χ3v) is 9.30. The maximum atomic E-state index is 12.1. The van der Waals surface area contributed by atoms with Gasteiger partial charge < -0.3 is 15.3 Å². The number of Topliss-reactive ketones (excluding diaryl/α,β-unsaturated/α-hetero) is 1. The molecule has 4 aliphatic rings. The summed E-state index contributed by atoms with van der Waals surface area (Å²) in [6, 6.07) is 0. The molecule has 0 amide bonds. The van der Waals surface area contributed by atoms with Crippen molar-refractivity contribution in [2.45, 2.75) is 77.6 Å². The Balaban J connectivity index is 1.73. The van der Waals surface area contributed by atoms with Crippen molar-refractivity contribution in [3.63, 3.8) is 0 Å². The van der Waals surface area contributed by atoms with Gasteiger partial charge in [-0.2, -0.15) is 0 Å². The van der Waals surface area contributed by atoms with Gasteiger partial charge >= 0.3 is 0 Å². The van der Waals surface area contributed by atoms with Gasteiger partial charge in [-0.1, -0.05) is 20.8 Å². The van der Waals surface area contributed by atoms with Crippen molar-refractivity contribution >= 4 is 5.78 Å². The third kappa shape index (κ3) is 1.83. The van der Waals surface area contributed by atoms with E-state index in [2.05, 4.69) is 13.8 Å². The zero-order valence-electron chi connectivity index (χ0n) is 15.2. The van der Waals surface area contributed by atoms with E-state index in [0.717, 1.165) is 31.6 Å². The summed E-state index contributed by atoms with van der Waals surface area (Å²) in [6.45, 7) is 6.74. The molecule has 8 atom stereocenters. The van der Waals surface area contributed by atoms with Gasteiger partial charge in [0.05, 0.1) is 0 Å². The van der Waals surface area contributed by atoms with Crippen LogP contribution >= 0.6 is 0 Å². The Kier molecular flexibility index (Phi) is 3.57. The Morgan fingerprint density at radius 1 is 1.00 bits per heavy atom. The summed E-state index contributed by atoms with van der Waals surface area (Å²) in [5.74, 6) is -0.653. The Hall–Kier alpha value is -0.450. The van der Waals surface area contributed by atoms with Crippen LogP contribution in [0, 0.1) is 40.4 Å². The van der Waals surface area contributed by atoms with Gasteiger partial charge in [-0.3, -0.25) is 4.79 Å². The average Bonchev–Trinajstić information content (AvgIpc) is 2.83. The number of hydrogen-bond donors (Lipinski definition) is 3. The van der Waals surface area contributed by atoms with Gasteiger partial charge in [-0.25, -0.2) is 0 Å². The Bertz CT molecular complexity index is 558. The van der Waals surface area contributed by atoms with E-state index in [-0.39, 0.29) is 11.8 Å². The highest BCUT2D eigenvalue weighted by Gasteiger charge is 2.68. The number of rotatable bonds is 0. The first-order valence-corrected chi connectivity index (χ1v) is 9.79. The number of fused-ring (bicyclic) bond motifs is 5. The van der Waals surface area contributed by atoms with Gasteiger partial charge in [0, 0.05) is 11.8 Å². The molecule has 0 bridgehead atoms. The molecular weight excluding hydrogens is 304 g/mol. The number of aliphatic hydroxyl groups excluding tert-OH is 1. The molecule has 4 heteroatoms. The maximum Gasteiger partial charge on any atom is 0.202 e. The van der Waals surface area contributed by atoms with Crippen LogP contribution in [0.4, 0.5) is 0 Å². The van der Waals surface area contributed by atoms with Crippen LogP contribution in [0.25, 0.3) is 0 Å². The van der Waals surface area contributed by atoms with E-state index in [0.29, 0.717) is 23.7 Å². The molecule has 0 spiro atoms. The molecule has 2 unspecified atom stereocenters. The second kappa shape index (κ2) is 5.05. The van der Waals surface area contributed by atoms with Crippen LogP contribution in [0.15, 0.2) is 0 Å². The van der Waals surface area contributed by atoms with Crippen molar-refractivity contribution < 1.29 is 20.1 Å². The molecule has 136 valence electrons. The standard InChI is InChI=1S/C20H32O4/c1-11-4-7-14-13-6-5-12-10-16(21)17(22)20(23,24)19(12,3)15(13)8-9-18(11,14)2/h11-15,17,22-24H,4-10H2,1-3H3/t11-,12?,13-,14-,15-,17?,18+,19-/m0/s1. The van der Waals surface area contributed by atoms with Crippen molar-refractivity contribution in [1.29, 1.82) is 0 Å². The summed E-state index contributed by atoms with van der Waals surface area (Å²) < 4.78 is 0. The predicted molar refractivity (Wildman–Crippen MR) is 89.8 cm³/mol. The molecule has 0 aromatic heterocycles. The highest BCUT2D eigenvalue weighted by atomic mass is 16.5. The van der Waals surface area contributed by atoms with Crippen LogP contribution in [0.3, 0.4) is 0 Å². The fraction of sp³-hybridized carbons (Fsp3) is 0.950. The van der Waals surface area contributed by atoms with Crippen LogP contribution in [0.5, 0.6) is 0 Å². The van der Waals surface area contributed by atoms with Gasteiger partial charge in [-0.15, -0.1) is 0 Å². The lowest BCUT2D eigenvalue weighted by atomic mass is 9.43. The molecule has 24 heavy (non-hydrogen) atoms. The van der Waals surface area contributed by atoms with Crippen molar-refractivity contribution in [3.05, 3.63) is 0 Å². The number of carbonyl (C=O) groups is 1. The second-order valence-electron chi connectivity index (χ2n) is 9.76. The molecule has 4 fully saturated rings. The summed E-state index contributed by atoms with van der Waals surface area (Å²) in [7, 11) is 0. The first-order chi connectivity index (χ1) is 11.1. The summed E-state index contributed by atoms with van der Waals surface area (Å²) in [6.07, 6.45) is 5.23. The SMILES string of the molecule is C[C@H]1CC[C@H]2[C@@H]3CCC4CC(=O)C(O)C(O)(O)[C@]4(C)[C@H]3CC[C@]12C. The van der Waals surface area contributed by atoms with Crippen molar-refractivity contribution in [2.24, 2.45) is 40.4 Å². The Morgan fingerprint density at radius 3 is 2.42 bits per heavy atom. The highest BCUT2D eigenvalue weighted by molar-refractivity contribution is 5.85. The monoisotopic (exact) mass is 336 g/mol. The third-order valence-electron chi connectivity index (χ3n) is 9.30. The Labute approximate surface area is 144 Å². The first-order valence-electron chi connectivity index (χ1n) is 9.79. The van der Waals surface area contributed by atoms with Crippen LogP contribution < -0.4 is 0 Å². The fourth-order valence-electron chi connectivity index (χ4n) is 7.45. The Morgan fingerprint density at radius 2 is 1.71 bits per heavy atom. The largest absolute Gasteiger partial charge is 0.380 e. The smallest absolute Gasteiger partial charge is 0.202 e. The molecule has 0 radical (unpaired) electrons. The van der Waals surface area contributed by atoms with Crippen LogP contribution in [0.1, 0.15) is 65.7 Å². The van der Waals surface area contributed by atoms with E-state index >= 15 is 0 Å². The van der Waals surface area contributed by atoms with E-state index in [1.807, 2.05) is 6.92 Å². The van der Waals surface area contributed by atoms with Gasteiger partial charge in [-0.05, 0) is 73.5 Å². The molecule has 4 saturated carbocycles. The van der Waals surface area contributed by atoms with E-state index in [9.17, 15) is 20.1 Å². The molecule has 3 N–H and O–H groups in total. The van der Waals surface area contributed by atoms with E-state index < -0.39 is 23.1 Å². The average molecular weight is 336 g/mol. The number of aliphatic hydroxyl groups is 3. The molecule has 4 nitrogen and oxygen atoms in total. The van der Waals surface area contributed by atoms with Gasteiger partial charge in [0.25, 0.3) is 0 Å². The summed E-state index contributed by atoms with van der Waals surface area (Å²) in [4.78, 5) is 12.1. The summed E-state index contributed by atoms with van der Waals surface area (Å²) in [5.41, 5.74) is -0.405. The molecule has 0 heterocycles. The lowest BCUT2D eigenvalue weighted by molar-refractivity contribution is -0.335. The quantitative estimate of drug-likeness (QED) is 0.594. The van der Waals surface area contributed by atoms with Crippen LogP contribution in [0.2, 0.25) is 0 Å². The van der Waals surface area contributed by atoms with E-state index in [1.165, 1.54) is 12.8 Å². The van der Waals surface area contributed by atoms with E-state index in [1.54, 1.807) is 0 Å². The maximum absolute atomic E-state index is 12.1. The van der Waals surface area contributed by atoms with Gasteiger partial charge in [0.1, 0.15) is 0 Å². The lowest BCUT2D eigenvalue weighted by Gasteiger charge is -2.63. The zero-order valence-corrected chi connectivity index (χ0v) is 15.2. The number of ketones is 1. The number of carbonyl (C=O) groups excluding carboxylic acids is 1. The predicted octanol–water partition coefficient (Wildman–Crippen LogP) is 2.50. The van der Waals surface area contributed by atoms with Crippen molar-refractivity contribution in [1.82, 2.24) is 0 Å². The molecule has 0 aromatic carbocycles. The second-order valence-corrected chi connectivity index (χ2v) is 9.76. The van der Waals surface area contributed by atoms with Gasteiger partial charge in [0.2, 0.25) is 5.79 Å². The topological polar surface area (TPSA) is 77.8 Å². The molecular formula is C20H32O4. The van der Waals surface area contributed by atoms with E-state index in [4.69, 9.17) is 0 Å². The minimum Gasteiger partial charge on any atom is -0.380 e.